The third-order valence-corrected chi connectivity index (χ3v) is 6.92. The maximum Gasteiger partial charge on any atom is 0.0535 e. The average Bonchev–Trinajstić information content (AvgIpc) is 2.76. The predicted octanol–water partition coefficient (Wildman–Crippen LogP) is 4.30. The summed E-state index contributed by atoms with van der Waals surface area (Å²) in [5, 5.41) is 7.59. The topological polar surface area (TPSA) is 24.4 Å². The van der Waals surface area contributed by atoms with E-state index < -0.39 is 7.92 Å². The summed E-state index contributed by atoms with van der Waals surface area (Å²) in [4.78, 5) is 4.23. The standard InChI is InChI=1S/C25H25N2P/c1-3-22(27-4-2)20-26-19-21-13-11-12-18-25(21)28(23-14-7-5-8-15-23)24-16-9-6-10-17-24/h3-18,26H,1-2,19-20H2. The van der Waals surface area contributed by atoms with Gasteiger partial charge in [-0.25, -0.2) is 0 Å². The van der Waals surface area contributed by atoms with Crippen LogP contribution in [0, 0.1) is 0 Å². The van der Waals surface area contributed by atoms with Gasteiger partial charge in [0.15, 0.2) is 0 Å². The van der Waals surface area contributed by atoms with Crippen molar-refractivity contribution in [1.29, 1.82) is 0 Å². The molecule has 0 aliphatic rings. The van der Waals surface area contributed by atoms with Crippen molar-refractivity contribution in [2.24, 2.45) is 4.99 Å². The molecule has 0 amide bonds. The van der Waals surface area contributed by atoms with Crippen molar-refractivity contribution in [2.75, 3.05) is 6.54 Å². The normalized spacial score (nSPS) is 11.4. The molecule has 0 saturated carbocycles. The quantitative estimate of drug-likeness (QED) is 0.432. The molecule has 3 heteroatoms. The summed E-state index contributed by atoms with van der Waals surface area (Å²) in [6, 6.07) is 30.3. The lowest BCUT2D eigenvalue weighted by molar-refractivity contribution is 0.780. The van der Waals surface area contributed by atoms with Crippen molar-refractivity contribution in [3.05, 3.63) is 116 Å². The summed E-state index contributed by atoms with van der Waals surface area (Å²) < 4.78 is 0. The van der Waals surface area contributed by atoms with E-state index in [4.69, 9.17) is 0 Å². The Morgan fingerprint density at radius 1 is 0.821 bits per heavy atom. The largest absolute Gasteiger partial charge is 0.307 e. The molecule has 0 radical (unpaired) electrons. The molecular formula is C25H25N2P. The van der Waals surface area contributed by atoms with Gasteiger partial charge >= 0.3 is 0 Å². The van der Waals surface area contributed by atoms with Crippen molar-refractivity contribution in [2.45, 2.75) is 6.54 Å². The molecule has 2 nitrogen and oxygen atoms in total. The highest BCUT2D eigenvalue weighted by Crippen LogP contribution is 2.33. The number of aliphatic imine (C=N–C) groups is 1. The maximum absolute atomic E-state index is 4.23. The van der Waals surface area contributed by atoms with Crippen molar-refractivity contribution < 1.29 is 0 Å². The van der Waals surface area contributed by atoms with Gasteiger partial charge < -0.3 is 5.32 Å². The molecule has 3 aromatic carbocycles. The number of rotatable bonds is 9. The minimum Gasteiger partial charge on any atom is -0.307 e. The molecule has 0 bridgehead atoms. The molecule has 0 unspecified atom stereocenters. The van der Waals surface area contributed by atoms with Crippen LogP contribution in [0.25, 0.3) is 0 Å². The number of nitrogens with one attached hydrogen (secondary N) is 1. The lowest BCUT2D eigenvalue weighted by Crippen LogP contribution is -2.27. The first kappa shape index (κ1) is 19.9. The van der Waals surface area contributed by atoms with Gasteiger partial charge in [0.25, 0.3) is 0 Å². The van der Waals surface area contributed by atoms with Crippen LogP contribution in [0.1, 0.15) is 5.56 Å². The zero-order valence-electron chi connectivity index (χ0n) is 16.0. The van der Waals surface area contributed by atoms with Gasteiger partial charge in [-0.2, -0.15) is 0 Å². The average molecular weight is 384 g/mol. The van der Waals surface area contributed by atoms with Crippen LogP contribution in [0.3, 0.4) is 0 Å². The van der Waals surface area contributed by atoms with E-state index in [2.05, 4.69) is 108 Å². The fourth-order valence-corrected chi connectivity index (χ4v) is 5.54. The highest BCUT2D eigenvalue weighted by molar-refractivity contribution is 7.79. The Morgan fingerprint density at radius 2 is 1.39 bits per heavy atom. The first-order valence-electron chi connectivity index (χ1n) is 9.32. The van der Waals surface area contributed by atoms with E-state index in [1.54, 1.807) is 12.3 Å². The molecule has 1 N–H and O–H groups in total. The molecule has 3 rings (SSSR count). The van der Waals surface area contributed by atoms with E-state index in [1.807, 2.05) is 0 Å². The van der Waals surface area contributed by atoms with Crippen LogP contribution in [-0.4, -0.2) is 12.3 Å². The van der Waals surface area contributed by atoms with E-state index >= 15 is 0 Å². The first-order valence-corrected chi connectivity index (χ1v) is 10.7. The molecule has 0 aliphatic heterocycles. The van der Waals surface area contributed by atoms with Crippen LogP contribution >= 0.6 is 7.92 Å². The van der Waals surface area contributed by atoms with E-state index in [1.165, 1.54) is 21.5 Å². The summed E-state index contributed by atoms with van der Waals surface area (Å²) in [7, 11) is -0.616. The number of nitrogens with zero attached hydrogens (tertiary/aromatic N) is 1. The molecule has 0 atom stereocenters. The zero-order valence-corrected chi connectivity index (χ0v) is 16.9. The molecule has 0 spiro atoms. The molecular weight excluding hydrogens is 359 g/mol. The second kappa shape index (κ2) is 10.5. The van der Waals surface area contributed by atoms with Gasteiger partial charge in [0.2, 0.25) is 0 Å². The van der Waals surface area contributed by atoms with E-state index in [9.17, 15) is 0 Å². The number of benzene rings is 3. The highest BCUT2D eigenvalue weighted by atomic mass is 31.1. The molecule has 0 fully saturated rings. The van der Waals surface area contributed by atoms with Gasteiger partial charge in [-0.1, -0.05) is 98.1 Å². The number of hydrogen-bond acceptors (Lipinski definition) is 2. The smallest absolute Gasteiger partial charge is 0.0535 e. The lowest BCUT2D eigenvalue weighted by Gasteiger charge is -2.22. The molecule has 0 aromatic heterocycles. The van der Waals surface area contributed by atoms with E-state index in [0.29, 0.717) is 6.54 Å². The van der Waals surface area contributed by atoms with Gasteiger partial charge in [-0.05, 0) is 35.5 Å². The van der Waals surface area contributed by atoms with Gasteiger partial charge in [0.1, 0.15) is 0 Å². The summed E-state index contributed by atoms with van der Waals surface area (Å²) in [5.41, 5.74) is 2.20. The number of hydrogen-bond donors (Lipinski definition) is 1. The maximum atomic E-state index is 4.23. The van der Waals surface area contributed by atoms with Crippen LogP contribution in [0.2, 0.25) is 0 Å². The molecule has 3 aromatic rings. The molecule has 0 heterocycles. The second-order valence-corrected chi connectivity index (χ2v) is 8.43. The Balaban J connectivity index is 1.92. The Labute approximate surface area is 169 Å². The third kappa shape index (κ3) is 5.13. The molecule has 0 saturated heterocycles. The monoisotopic (exact) mass is 384 g/mol. The first-order chi connectivity index (χ1) is 13.8. The fraction of sp³-hybridized carbons (Fsp3) is 0.0800. The Hall–Kier alpha value is -2.80. The minimum absolute atomic E-state index is 0.616. The minimum atomic E-state index is -0.616. The fourth-order valence-electron chi connectivity index (χ4n) is 3.07. The Bertz CT molecular complexity index is 894. The van der Waals surface area contributed by atoms with Crippen molar-refractivity contribution in [3.63, 3.8) is 0 Å². The Morgan fingerprint density at radius 3 is 1.96 bits per heavy atom. The van der Waals surface area contributed by atoms with Crippen LogP contribution in [0.15, 0.2) is 115 Å². The summed E-state index contributed by atoms with van der Waals surface area (Å²) >= 11 is 0. The van der Waals surface area contributed by atoms with Crippen molar-refractivity contribution in [3.8, 4) is 0 Å². The van der Waals surface area contributed by atoms with Gasteiger partial charge in [-0.3, -0.25) is 4.99 Å². The Kier molecular flexibility index (Phi) is 7.49. The molecule has 0 aliphatic carbocycles. The lowest BCUT2D eigenvalue weighted by atomic mass is 10.2. The summed E-state index contributed by atoms with van der Waals surface area (Å²) in [6.45, 7) is 8.92. The van der Waals surface area contributed by atoms with Crippen molar-refractivity contribution >= 4 is 29.5 Å². The van der Waals surface area contributed by atoms with Gasteiger partial charge in [-0.15, -0.1) is 0 Å². The predicted molar refractivity (Wildman–Crippen MR) is 125 cm³/mol. The van der Waals surface area contributed by atoms with Crippen LogP contribution in [0.4, 0.5) is 0 Å². The molecule has 140 valence electrons. The highest BCUT2D eigenvalue weighted by Gasteiger charge is 2.18. The molecule has 28 heavy (non-hydrogen) atoms. The third-order valence-electron chi connectivity index (χ3n) is 4.38. The zero-order chi connectivity index (χ0) is 19.6. The van der Waals surface area contributed by atoms with Gasteiger partial charge in [0, 0.05) is 19.3 Å². The van der Waals surface area contributed by atoms with Gasteiger partial charge in [0.05, 0.1) is 5.71 Å². The van der Waals surface area contributed by atoms with Crippen LogP contribution in [0.5, 0.6) is 0 Å². The SMILES string of the molecule is C=CN=C(C=C)CNCc1ccccc1P(c1ccccc1)c1ccccc1. The van der Waals surface area contributed by atoms with Crippen LogP contribution < -0.4 is 21.2 Å². The van der Waals surface area contributed by atoms with E-state index in [0.717, 1.165) is 12.3 Å². The summed E-state index contributed by atoms with van der Waals surface area (Å²) in [6.07, 6.45) is 3.32. The van der Waals surface area contributed by atoms with Crippen LogP contribution in [-0.2, 0) is 6.54 Å². The summed E-state index contributed by atoms with van der Waals surface area (Å²) in [5.74, 6) is 0. The second-order valence-electron chi connectivity index (χ2n) is 6.25. The van der Waals surface area contributed by atoms with E-state index in [-0.39, 0.29) is 0 Å². The van der Waals surface area contributed by atoms with Crippen molar-refractivity contribution in [1.82, 2.24) is 5.32 Å².